The number of rotatable bonds is 5. The number of pyridine rings is 1. The molecule has 1 aromatic heterocycles. The van der Waals surface area contributed by atoms with Gasteiger partial charge in [0.2, 0.25) is 0 Å². The van der Waals surface area contributed by atoms with Crippen LogP contribution in [0.1, 0.15) is 47.8 Å². The van der Waals surface area contributed by atoms with Gasteiger partial charge in [-0.15, -0.1) is 0 Å². The van der Waals surface area contributed by atoms with Crippen LogP contribution in [0.3, 0.4) is 0 Å². The van der Waals surface area contributed by atoms with Crippen LogP contribution in [0.2, 0.25) is 0 Å². The summed E-state index contributed by atoms with van der Waals surface area (Å²) in [5, 5.41) is 10.4. The Kier molecular flexibility index (Phi) is 5.89. The Hall–Kier alpha value is -2.92. The van der Waals surface area contributed by atoms with Gasteiger partial charge in [-0.2, -0.15) is 0 Å². The van der Waals surface area contributed by atoms with Gasteiger partial charge in [0.25, 0.3) is 11.5 Å². The summed E-state index contributed by atoms with van der Waals surface area (Å²) in [6.45, 7) is 8.48. The first-order chi connectivity index (χ1) is 13.7. The van der Waals surface area contributed by atoms with Crippen molar-refractivity contribution in [1.82, 2.24) is 9.88 Å². The van der Waals surface area contributed by atoms with Crippen molar-refractivity contribution in [2.75, 3.05) is 13.2 Å². The van der Waals surface area contributed by atoms with Gasteiger partial charge in [0.05, 0.1) is 13.2 Å². The summed E-state index contributed by atoms with van der Waals surface area (Å²) in [5.74, 6) is -0.205. The highest BCUT2D eigenvalue weighted by molar-refractivity contribution is 5.94. The predicted molar refractivity (Wildman–Crippen MR) is 116 cm³/mol. The van der Waals surface area contributed by atoms with Gasteiger partial charge < -0.3 is 15.0 Å². The second-order valence-corrected chi connectivity index (χ2v) is 8.49. The van der Waals surface area contributed by atoms with Gasteiger partial charge >= 0.3 is 0 Å². The van der Waals surface area contributed by atoms with Gasteiger partial charge in [0.1, 0.15) is 0 Å². The van der Waals surface area contributed by atoms with E-state index in [0.717, 1.165) is 22.0 Å². The number of hydrogen-bond acceptors (Lipinski definition) is 3. The van der Waals surface area contributed by atoms with Gasteiger partial charge in [0.15, 0.2) is 0 Å². The number of aliphatic hydroxyl groups excluding tert-OH is 1. The molecule has 3 rings (SSSR count). The van der Waals surface area contributed by atoms with Crippen molar-refractivity contribution in [2.24, 2.45) is 0 Å². The van der Waals surface area contributed by atoms with E-state index in [-0.39, 0.29) is 36.6 Å². The summed E-state index contributed by atoms with van der Waals surface area (Å²) in [4.78, 5) is 29.9. The topological polar surface area (TPSA) is 73.4 Å². The smallest absolute Gasteiger partial charge is 0.254 e. The Morgan fingerprint density at radius 2 is 1.76 bits per heavy atom. The minimum atomic E-state index is -0.222. The van der Waals surface area contributed by atoms with Crippen LogP contribution in [0, 0.1) is 6.92 Å². The van der Waals surface area contributed by atoms with Gasteiger partial charge in [-0.25, -0.2) is 0 Å². The van der Waals surface area contributed by atoms with Crippen LogP contribution in [0.4, 0.5) is 0 Å². The molecule has 0 aliphatic rings. The lowest BCUT2D eigenvalue weighted by Gasteiger charge is -2.23. The van der Waals surface area contributed by atoms with Gasteiger partial charge in [0, 0.05) is 23.2 Å². The third-order valence-electron chi connectivity index (χ3n) is 5.09. The van der Waals surface area contributed by atoms with Gasteiger partial charge in [-0.1, -0.05) is 44.5 Å². The van der Waals surface area contributed by atoms with E-state index in [2.05, 4.69) is 25.8 Å². The molecule has 0 spiro atoms. The number of nitrogens with one attached hydrogen (secondary N) is 1. The van der Waals surface area contributed by atoms with E-state index in [9.17, 15) is 14.7 Å². The molecule has 29 heavy (non-hydrogen) atoms. The average molecular weight is 392 g/mol. The molecule has 2 aromatic carbocycles. The molecular formula is C24H28N2O3. The molecule has 1 amide bonds. The Balaban J connectivity index is 1.90. The highest BCUT2D eigenvalue weighted by atomic mass is 16.3. The molecule has 0 aliphatic heterocycles. The number of nitrogens with zero attached hydrogens (tertiary/aromatic N) is 1. The van der Waals surface area contributed by atoms with Crippen molar-refractivity contribution in [3.8, 4) is 0 Å². The summed E-state index contributed by atoms with van der Waals surface area (Å²) >= 11 is 0. The monoisotopic (exact) mass is 392 g/mol. The van der Waals surface area contributed by atoms with E-state index in [1.54, 1.807) is 12.1 Å². The Morgan fingerprint density at radius 3 is 2.38 bits per heavy atom. The number of amides is 1. The summed E-state index contributed by atoms with van der Waals surface area (Å²) in [6, 6.07) is 15.2. The third kappa shape index (κ3) is 4.74. The summed E-state index contributed by atoms with van der Waals surface area (Å²) in [5.41, 5.74) is 3.82. The maximum Gasteiger partial charge on any atom is 0.254 e. The molecule has 152 valence electrons. The molecule has 0 fully saturated rings. The highest BCUT2D eigenvalue weighted by Crippen LogP contribution is 2.23. The standard InChI is InChI=1S/C24H28N2O3/c1-16-5-10-21-18(13-16)14-19(22(28)25-21)15-26(11-12-27)23(29)17-6-8-20(9-7-17)24(2,3)4/h5-10,13-14,27H,11-12,15H2,1-4H3,(H,25,28). The van der Waals surface area contributed by atoms with E-state index in [4.69, 9.17) is 0 Å². The van der Waals surface area contributed by atoms with Crippen LogP contribution in [0.15, 0.2) is 53.3 Å². The zero-order chi connectivity index (χ0) is 21.2. The number of H-pyrrole nitrogens is 1. The van der Waals surface area contributed by atoms with Crippen LogP contribution in [-0.4, -0.2) is 34.0 Å². The zero-order valence-electron chi connectivity index (χ0n) is 17.5. The quantitative estimate of drug-likeness (QED) is 0.694. The van der Waals surface area contributed by atoms with Crippen molar-refractivity contribution >= 4 is 16.8 Å². The number of aromatic amines is 1. The minimum absolute atomic E-state index is 0.00286. The molecule has 0 unspecified atom stereocenters. The maximum absolute atomic E-state index is 13.0. The fourth-order valence-electron chi connectivity index (χ4n) is 3.36. The molecular weight excluding hydrogens is 364 g/mol. The number of carbonyl (C=O) groups is 1. The molecule has 0 atom stereocenters. The van der Waals surface area contributed by atoms with Crippen LogP contribution in [0.25, 0.3) is 10.9 Å². The Labute approximate surface area is 171 Å². The number of benzene rings is 2. The van der Waals surface area contributed by atoms with E-state index < -0.39 is 0 Å². The van der Waals surface area contributed by atoms with E-state index in [0.29, 0.717) is 11.1 Å². The summed E-state index contributed by atoms with van der Waals surface area (Å²) in [6.07, 6.45) is 0. The highest BCUT2D eigenvalue weighted by Gasteiger charge is 2.19. The molecule has 1 heterocycles. The van der Waals surface area contributed by atoms with Crippen LogP contribution < -0.4 is 5.56 Å². The summed E-state index contributed by atoms with van der Waals surface area (Å²) in [7, 11) is 0. The van der Waals surface area contributed by atoms with Gasteiger partial charge in [-0.3, -0.25) is 9.59 Å². The lowest BCUT2D eigenvalue weighted by Crippen LogP contribution is -2.35. The molecule has 0 bridgehead atoms. The molecule has 3 aromatic rings. The maximum atomic E-state index is 13.0. The second-order valence-electron chi connectivity index (χ2n) is 8.49. The molecule has 5 nitrogen and oxygen atoms in total. The molecule has 0 saturated heterocycles. The Morgan fingerprint density at radius 1 is 1.07 bits per heavy atom. The molecule has 0 radical (unpaired) electrons. The van der Waals surface area contributed by atoms with Gasteiger partial charge in [-0.05, 0) is 53.6 Å². The average Bonchev–Trinajstić information content (AvgIpc) is 2.67. The zero-order valence-corrected chi connectivity index (χ0v) is 17.5. The molecule has 5 heteroatoms. The van der Waals surface area contributed by atoms with Crippen LogP contribution >= 0.6 is 0 Å². The van der Waals surface area contributed by atoms with E-state index in [1.807, 2.05) is 43.3 Å². The first-order valence-electron chi connectivity index (χ1n) is 9.82. The molecule has 2 N–H and O–H groups in total. The number of hydrogen-bond donors (Lipinski definition) is 2. The van der Waals surface area contributed by atoms with Crippen LogP contribution in [0.5, 0.6) is 0 Å². The first-order valence-corrected chi connectivity index (χ1v) is 9.82. The lowest BCUT2D eigenvalue weighted by atomic mass is 9.86. The molecule has 0 saturated carbocycles. The van der Waals surface area contributed by atoms with Crippen molar-refractivity contribution in [1.29, 1.82) is 0 Å². The normalized spacial score (nSPS) is 11.6. The van der Waals surface area contributed by atoms with Crippen molar-refractivity contribution in [3.05, 3.63) is 81.1 Å². The van der Waals surface area contributed by atoms with E-state index >= 15 is 0 Å². The number of aryl methyl sites for hydroxylation is 1. The largest absolute Gasteiger partial charge is 0.395 e. The van der Waals surface area contributed by atoms with Crippen LogP contribution in [-0.2, 0) is 12.0 Å². The lowest BCUT2D eigenvalue weighted by molar-refractivity contribution is 0.0707. The second kappa shape index (κ2) is 8.21. The van der Waals surface area contributed by atoms with Crippen molar-refractivity contribution in [3.63, 3.8) is 0 Å². The summed E-state index contributed by atoms with van der Waals surface area (Å²) < 4.78 is 0. The third-order valence-corrected chi connectivity index (χ3v) is 5.09. The van der Waals surface area contributed by atoms with Crippen molar-refractivity contribution < 1.29 is 9.90 Å². The predicted octanol–water partition coefficient (Wildman–Crippen LogP) is 3.77. The fraction of sp³-hybridized carbons (Fsp3) is 0.333. The number of aliphatic hydroxyl groups is 1. The fourth-order valence-corrected chi connectivity index (χ4v) is 3.36. The first kappa shape index (κ1) is 20.8. The molecule has 0 aliphatic carbocycles. The van der Waals surface area contributed by atoms with Crippen molar-refractivity contribution in [2.45, 2.75) is 39.7 Å². The minimum Gasteiger partial charge on any atom is -0.395 e. The SMILES string of the molecule is Cc1ccc2[nH]c(=O)c(CN(CCO)C(=O)c3ccc(C(C)(C)C)cc3)cc2c1. The number of carbonyl (C=O) groups excluding carboxylic acids is 1. The number of fused-ring (bicyclic) bond motifs is 1. The number of aromatic nitrogens is 1. The Bertz CT molecular complexity index is 1080. The van der Waals surface area contributed by atoms with E-state index in [1.165, 1.54) is 4.90 Å².